The number of nitrogens with zero attached hydrogens (tertiary/aromatic N) is 1. The van der Waals surface area contributed by atoms with Crippen LogP contribution < -0.4 is 5.32 Å². The predicted octanol–water partition coefficient (Wildman–Crippen LogP) is 1.05. The van der Waals surface area contributed by atoms with Gasteiger partial charge < -0.3 is 14.6 Å². The molecule has 94 valence electrons. The number of hydrogen-bond acceptors (Lipinski definition) is 3. The van der Waals surface area contributed by atoms with Crippen LogP contribution >= 0.6 is 0 Å². The molecule has 0 fully saturated rings. The van der Waals surface area contributed by atoms with E-state index < -0.39 is 6.04 Å². The van der Waals surface area contributed by atoms with Crippen LogP contribution in [-0.2, 0) is 11.2 Å². The van der Waals surface area contributed by atoms with Gasteiger partial charge in [0.1, 0.15) is 11.8 Å². The minimum Gasteiger partial charge on any atom is -0.456 e. The number of aryl methyl sites for hydroxylation is 1. The van der Waals surface area contributed by atoms with Gasteiger partial charge in [-0.05, 0) is 19.1 Å². The van der Waals surface area contributed by atoms with Gasteiger partial charge in [-0.3, -0.25) is 9.59 Å². The van der Waals surface area contributed by atoms with Crippen molar-refractivity contribution in [2.75, 3.05) is 14.1 Å². The number of hydrogen-bond donors (Lipinski definition) is 1. The Bertz CT molecular complexity index is 410. The molecule has 0 aliphatic heterocycles. The fraction of sp³-hybridized carbons (Fsp3) is 0.500. The van der Waals surface area contributed by atoms with E-state index in [1.807, 2.05) is 6.92 Å². The van der Waals surface area contributed by atoms with E-state index in [0.29, 0.717) is 0 Å². The average molecular weight is 238 g/mol. The van der Waals surface area contributed by atoms with Crippen LogP contribution in [0, 0.1) is 0 Å². The number of nitrogens with one attached hydrogen (secondary N) is 1. The Hall–Kier alpha value is -1.78. The lowest BCUT2D eigenvalue weighted by atomic mass is 10.3. The van der Waals surface area contributed by atoms with Crippen LogP contribution in [-0.4, -0.2) is 36.9 Å². The summed E-state index contributed by atoms with van der Waals surface area (Å²) in [4.78, 5) is 24.7. The number of likely N-dealkylation sites (N-methyl/N-ethyl adjacent to an activating group) is 1. The van der Waals surface area contributed by atoms with Crippen molar-refractivity contribution >= 4 is 11.8 Å². The summed E-state index contributed by atoms with van der Waals surface area (Å²) < 4.78 is 5.30. The van der Waals surface area contributed by atoms with Crippen molar-refractivity contribution in [3.63, 3.8) is 0 Å². The zero-order valence-corrected chi connectivity index (χ0v) is 10.6. The molecule has 0 unspecified atom stereocenters. The Morgan fingerprint density at radius 1 is 1.41 bits per heavy atom. The van der Waals surface area contributed by atoms with E-state index >= 15 is 0 Å². The number of amides is 2. The lowest BCUT2D eigenvalue weighted by Crippen LogP contribution is -2.44. The van der Waals surface area contributed by atoms with E-state index in [-0.39, 0.29) is 17.6 Å². The van der Waals surface area contributed by atoms with Crippen molar-refractivity contribution in [1.29, 1.82) is 0 Å². The maximum Gasteiger partial charge on any atom is 0.287 e. The first-order chi connectivity index (χ1) is 7.95. The molecule has 0 bridgehead atoms. The molecule has 1 N–H and O–H groups in total. The molecule has 5 heteroatoms. The first-order valence-electron chi connectivity index (χ1n) is 5.56. The highest BCUT2D eigenvalue weighted by Gasteiger charge is 2.19. The monoisotopic (exact) mass is 238 g/mol. The highest BCUT2D eigenvalue weighted by atomic mass is 16.3. The highest BCUT2D eigenvalue weighted by Crippen LogP contribution is 2.08. The second kappa shape index (κ2) is 5.52. The molecule has 1 aromatic heterocycles. The van der Waals surface area contributed by atoms with E-state index in [2.05, 4.69) is 5.32 Å². The Balaban J connectivity index is 2.63. The Labute approximate surface area is 101 Å². The Kier molecular flexibility index (Phi) is 4.31. The maximum absolute atomic E-state index is 11.7. The van der Waals surface area contributed by atoms with Crippen LogP contribution in [0.1, 0.15) is 30.2 Å². The lowest BCUT2D eigenvalue weighted by molar-refractivity contribution is -0.130. The predicted molar refractivity (Wildman–Crippen MR) is 63.7 cm³/mol. The molecule has 0 saturated heterocycles. The summed E-state index contributed by atoms with van der Waals surface area (Å²) in [5, 5.41) is 2.59. The van der Waals surface area contributed by atoms with E-state index in [9.17, 15) is 9.59 Å². The molecule has 1 aromatic rings. The van der Waals surface area contributed by atoms with Crippen LogP contribution in [0.3, 0.4) is 0 Å². The summed E-state index contributed by atoms with van der Waals surface area (Å²) in [7, 11) is 3.29. The normalized spacial score (nSPS) is 12.0. The minimum absolute atomic E-state index is 0.152. The Morgan fingerprint density at radius 2 is 2.06 bits per heavy atom. The van der Waals surface area contributed by atoms with Gasteiger partial charge in [0.05, 0.1) is 0 Å². The number of furan rings is 1. The number of carbonyl (C=O) groups excluding carboxylic acids is 2. The summed E-state index contributed by atoms with van der Waals surface area (Å²) in [5.41, 5.74) is 0. The first-order valence-corrected chi connectivity index (χ1v) is 5.56. The van der Waals surface area contributed by atoms with E-state index in [1.165, 1.54) is 4.90 Å². The summed E-state index contributed by atoms with van der Waals surface area (Å²) in [5.74, 6) is 0.468. The molecule has 0 aliphatic rings. The average Bonchev–Trinajstić information content (AvgIpc) is 2.76. The van der Waals surface area contributed by atoms with Crippen molar-refractivity contribution in [2.24, 2.45) is 0 Å². The molecule has 0 aromatic carbocycles. The van der Waals surface area contributed by atoms with Gasteiger partial charge in [0.15, 0.2) is 5.76 Å². The zero-order valence-electron chi connectivity index (χ0n) is 10.6. The third-order valence-corrected chi connectivity index (χ3v) is 2.39. The Morgan fingerprint density at radius 3 is 2.53 bits per heavy atom. The van der Waals surface area contributed by atoms with E-state index in [4.69, 9.17) is 4.42 Å². The molecule has 0 radical (unpaired) electrons. The van der Waals surface area contributed by atoms with Gasteiger partial charge >= 0.3 is 0 Å². The van der Waals surface area contributed by atoms with Crippen molar-refractivity contribution in [3.05, 3.63) is 23.7 Å². The van der Waals surface area contributed by atoms with Gasteiger partial charge in [0.25, 0.3) is 5.91 Å². The van der Waals surface area contributed by atoms with Crippen LogP contribution in [0.2, 0.25) is 0 Å². The van der Waals surface area contributed by atoms with Crippen LogP contribution in [0.4, 0.5) is 0 Å². The molecule has 1 rings (SSSR count). The molecule has 1 atom stereocenters. The molecule has 0 saturated carbocycles. The van der Waals surface area contributed by atoms with Crippen molar-refractivity contribution in [2.45, 2.75) is 26.3 Å². The number of carbonyl (C=O) groups is 2. The molecule has 0 spiro atoms. The summed E-state index contributed by atoms with van der Waals surface area (Å²) in [6.07, 6.45) is 0.736. The van der Waals surface area contributed by atoms with Crippen LogP contribution in [0.25, 0.3) is 0 Å². The molecule has 0 aliphatic carbocycles. The van der Waals surface area contributed by atoms with Crippen LogP contribution in [0.15, 0.2) is 16.5 Å². The molecule has 2 amide bonds. The van der Waals surface area contributed by atoms with E-state index in [1.54, 1.807) is 33.2 Å². The van der Waals surface area contributed by atoms with Gasteiger partial charge in [0, 0.05) is 20.5 Å². The second-order valence-corrected chi connectivity index (χ2v) is 4.05. The van der Waals surface area contributed by atoms with Gasteiger partial charge in [-0.2, -0.15) is 0 Å². The van der Waals surface area contributed by atoms with Gasteiger partial charge in [0.2, 0.25) is 5.91 Å². The topological polar surface area (TPSA) is 62.6 Å². The second-order valence-electron chi connectivity index (χ2n) is 4.05. The van der Waals surface area contributed by atoms with Gasteiger partial charge in [-0.1, -0.05) is 6.92 Å². The third kappa shape index (κ3) is 3.34. The first kappa shape index (κ1) is 13.3. The zero-order chi connectivity index (χ0) is 13.0. The van der Waals surface area contributed by atoms with E-state index in [0.717, 1.165) is 12.2 Å². The fourth-order valence-corrected chi connectivity index (χ4v) is 1.41. The standard InChI is InChI=1S/C12H18N2O3/c1-5-9-6-7-10(17-9)11(15)13-8(2)12(16)14(3)4/h6-8H,5H2,1-4H3,(H,13,15)/t8-/m1/s1. The van der Waals surface area contributed by atoms with Gasteiger partial charge in [-0.15, -0.1) is 0 Å². The SMILES string of the molecule is CCc1ccc(C(=O)N[C@H](C)C(=O)N(C)C)o1. The molecule has 1 heterocycles. The maximum atomic E-state index is 11.7. The highest BCUT2D eigenvalue weighted by molar-refractivity contribution is 5.95. The quantitative estimate of drug-likeness (QED) is 0.852. The van der Waals surface area contributed by atoms with Crippen molar-refractivity contribution in [3.8, 4) is 0 Å². The lowest BCUT2D eigenvalue weighted by Gasteiger charge is -2.17. The summed E-state index contributed by atoms with van der Waals surface area (Å²) >= 11 is 0. The molecular formula is C12H18N2O3. The summed E-state index contributed by atoms with van der Waals surface area (Å²) in [6.45, 7) is 3.59. The molecule has 17 heavy (non-hydrogen) atoms. The smallest absolute Gasteiger partial charge is 0.287 e. The third-order valence-electron chi connectivity index (χ3n) is 2.39. The molecular weight excluding hydrogens is 220 g/mol. The summed E-state index contributed by atoms with van der Waals surface area (Å²) in [6, 6.07) is 2.81. The molecule has 5 nitrogen and oxygen atoms in total. The minimum atomic E-state index is -0.562. The van der Waals surface area contributed by atoms with Crippen molar-refractivity contribution < 1.29 is 14.0 Å². The van der Waals surface area contributed by atoms with Crippen molar-refractivity contribution in [1.82, 2.24) is 10.2 Å². The fourth-order valence-electron chi connectivity index (χ4n) is 1.41. The van der Waals surface area contributed by atoms with Crippen LogP contribution in [0.5, 0.6) is 0 Å². The van der Waals surface area contributed by atoms with Gasteiger partial charge in [-0.25, -0.2) is 0 Å². The number of rotatable bonds is 4. The largest absolute Gasteiger partial charge is 0.456 e.